The smallest absolute Gasteiger partial charge is 0.253 e. The first-order chi connectivity index (χ1) is 13.5. The van der Waals surface area contributed by atoms with Crippen molar-refractivity contribution in [2.24, 2.45) is 0 Å². The fourth-order valence-corrected chi connectivity index (χ4v) is 3.30. The number of likely N-dealkylation sites (N-methyl/N-ethyl adjacent to an activating group) is 1. The average molecular weight is 401 g/mol. The molecule has 148 valence electrons. The second-order valence-electron chi connectivity index (χ2n) is 6.95. The first kappa shape index (κ1) is 20.3. The van der Waals surface area contributed by atoms with E-state index < -0.39 is 0 Å². The van der Waals surface area contributed by atoms with Crippen LogP contribution in [0.5, 0.6) is 0 Å². The van der Waals surface area contributed by atoms with Gasteiger partial charge in [-0.2, -0.15) is 0 Å². The lowest BCUT2D eigenvalue weighted by Crippen LogP contribution is -2.47. The normalized spacial score (nSPS) is 15.2. The van der Waals surface area contributed by atoms with E-state index in [1.807, 2.05) is 18.2 Å². The van der Waals surface area contributed by atoms with E-state index >= 15 is 0 Å². The van der Waals surface area contributed by atoms with Gasteiger partial charge in [0.1, 0.15) is 0 Å². The van der Waals surface area contributed by atoms with E-state index in [1.54, 1.807) is 30.3 Å². The third kappa shape index (κ3) is 5.55. The summed E-state index contributed by atoms with van der Waals surface area (Å²) in [5, 5.41) is 6.35. The summed E-state index contributed by atoms with van der Waals surface area (Å²) >= 11 is 6.14. The number of piperazine rings is 1. The van der Waals surface area contributed by atoms with E-state index in [0.29, 0.717) is 29.4 Å². The van der Waals surface area contributed by atoms with Crippen LogP contribution in [0.4, 0.5) is 5.69 Å². The molecule has 3 rings (SSSR count). The largest absolute Gasteiger partial charge is 0.348 e. The van der Waals surface area contributed by atoms with Crippen LogP contribution in [0.3, 0.4) is 0 Å². The van der Waals surface area contributed by atoms with E-state index in [2.05, 4.69) is 27.5 Å². The molecule has 2 aromatic rings. The van der Waals surface area contributed by atoms with Gasteiger partial charge in [0.15, 0.2) is 0 Å². The number of amides is 2. The Kier molecular flexibility index (Phi) is 7.03. The van der Waals surface area contributed by atoms with Gasteiger partial charge in [-0.3, -0.25) is 14.5 Å². The molecule has 0 radical (unpaired) electrons. The zero-order chi connectivity index (χ0) is 19.9. The quantitative estimate of drug-likeness (QED) is 0.781. The highest BCUT2D eigenvalue weighted by atomic mass is 35.5. The monoisotopic (exact) mass is 400 g/mol. The molecule has 7 heteroatoms. The van der Waals surface area contributed by atoms with Gasteiger partial charge in [0.2, 0.25) is 5.91 Å². The minimum atomic E-state index is -0.254. The van der Waals surface area contributed by atoms with Crippen LogP contribution >= 0.6 is 11.6 Å². The lowest BCUT2D eigenvalue weighted by molar-refractivity contribution is -0.117. The summed E-state index contributed by atoms with van der Waals surface area (Å²) in [6, 6.07) is 14.4. The number of hydrogen-bond donors (Lipinski definition) is 2. The van der Waals surface area contributed by atoms with Crippen LogP contribution in [0.25, 0.3) is 0 Å². The molecule has 0 spiro atoms. The predicted molar refractivity (Wildman–Crippen MR) is 112 cm³/mol. The molecule has 1 heterocycles. The van der Waals surface area contributed by atoms with Crippen molar-refractivity contribution in [2.45, 2.75) is 6.54 Å². The molecule has 0 aliphatic carbocycles. The molecule has 6 nitrogen and oxygen atoms in total. The molecule has 1 aliphatic rings. The summed E-state index contributed by atoms with van der Waals surface area (Å²) in [6.07, 6.45) is 0. The Morgan fingerprint density at radius 1 is 1.00 bits per heavy atom. The Bertz CT molecular complexity index is 835. The van der Waals surface area contributed by atoms with E-state index in [9.17, 15) is 9.59 Å². The third-order valence-corrected chi connectivity index (χ3v) is 5.17. The minimum absolute atomic E-state index is 0.115. The first-order valence-electron chi connectivity index (χ1n) is 9.34. The molecule has 0 atom stereocenters. The zero-order valence-electron chi connectivity index (χ0n) is 16.0. The van der Waals surface area contributed by atoms with Crippen LogP contribution in [0, 0.1) is 0 Å². The van der Waals surface area contributed by atoms with Crippen molar-refractivity contribution in [1.29, 1.82) is 0 Å². The second kappa shape index (κ2) is 9.68. The molecule has 1 fully saturated rings. The third-order valence-electron chi connectivity index (χ3n) is 4.81. The SMILES string of the molecule is CN1CCN(CC(=O)Nc2ccccc2C(=O)NCc2ccccc2Cl)CC1. The molecule has 0 bridgehead atoms. The average Bonchev–Trinajstić information content (AvgIpc) is 2.69. The lowest BCUT2D eigenvalue weighted by atomic mass is 10.1. The molecule has 1 saturated heterocycles. The van der Waals surface area contributed by atoms with Crippen molar-refractivity contribution < 1.29 is 9.59 Å². The highest BCUT2D eigenvalue weighted by molar-refractivity contribution is 6.31. The van der Waals surface area contributed by atoms with Gasteiger partial charge in [0.25, 0.3) is 5.91 Å². The van der Waals surface area contributed by atoms with Gasteiger partial charge < -0.3 is 15.5 Å². The Hall–Kier alpha value is -2.41. The first-order valence-corrected chi connectivity index (χ1v) is 9.72. The zero-order valence-corrected chi connectivity index (χ0v) is 16.7. The number of carbonyl (C=O) groups is 2. The maximum absolute atomic E-state index is 12.6. The van der Waals surface area contributed by atoms with Crippen molar-refractivity contribution in [3.63, 3.8) is 0 Å². The van der Waals surface area contributed by atoms with Gasteiger partial charge >= 0.3 is 0 Å². The number of nitrogens with one attached hydrogen (secondary N) is 2. The Morgan fingerprint density at radius 3 is 2.43 bits per heavy atom. The standard InChI is InChI=1S/C21H25ClN4O2/c1-25-10-12-26(13-11-25)15-20(27)24-19-9-5-3-7-17(19)21(28)23-14-16-6-2-4-8-18(16)22/h2-9H,10-15H2,1H3,(H,23,28)(H,24,27). The molecule has 2 amide bonds. The van der Waals surface area contributed by atoms with Gasteiger partial charge in [-0.25, -0.2) is 0 Å². The Balaban J connectivity index is 1.59. The summed E-state index contributed by atoms with van der Waals surface area (Å²) in [6.45, 7) is 4.28. The van der Waals surface area contributed by atoms with Crippen LogP contribution in [-0.2, 0) is 11.3 Å². The molecule has 2 aromatic carbocycles. The van der Waals surface area contributed by atoms with Crippen molar-refractivity contribution in [3.05, 3.63) is 64.7 Å². The topological polar surface area (TPSA) is 64.7 Å². The number of benzene rings is 2. The summed E-state index contributed by atoms with van der Waals surface area (Å²) in [5.41, 5.74) is 1.79. The summed E-state index contributed by atoms with van der Waals surface area (Å²) in [5.74, 6) is -0.369. The second-order valence-corrected chi connectivity index (χ2v) is 7.35. The van der Waals surface area contributed by atoms with Gasteiger partial charge in [0.05, 0.1) is 17.8 Å². The molecular formula is C21H25ClN4O2. The Morgan fingerprint density at radius 2 is 1.68 bits per heavy atom. The summed E-state index contributed by atoms with van der Waals surface area (Å²) < 4.78 is 0. The maximum atomic E-state index is 12.6. The fraction of sp³-hybridized carbons (Fsp3) is 0.333. The van der Waals surface area contributed by atoms with Crippen molar-refractivity contribution in [3.8, 4) is 0 Å². The molecule has 0 unspecified atom stereocenters. The van der Waals surface area contributed by atoms with Crippen molar-refractivity contribution in [1.82, 2.24) is 15.1 Å². The lowest BCUT2D eigenvalue weighted by Gasteiger charge is -2.31. The highest BCUT2D eigenvalue weighted by Crippen LogP contribution is 2.17. The van der Waals surface area contributed by atoms with E-state index in [1.165, 1.54) is 0 Å². The van der Waals surface area contributed by atoms with Gasteiger partial charge in [-0.15, -0.1) is 0 Å². The number of rotatable bonds is 6. The summed E-state index contributed by atoms with van der Waals surface area (Å²) in [4.78, 5) is 29.4. The number of carbonyl (C=O) groups excluding carboxylic acids is 2. The molecule has 2 N–H and O–H groups in total. The molecular weight excluding hydrogens is 376 g/mol. The van der Waals surface area contributed by atoms with Crippen LogP contribution in [0.15, 0.2) is 48.5 Å². The number of anilines is 1. The van der Waals surface area contributed by atoms with E-state index in [0.717, 1.165) is 31.7 Å². The fourth-order valence-electron chi connectivity index (χ4n) is 3.10. The number of para-hydroxylation sites is 1. The van der Waals surface area contributed by atoms with Crippen molar-refractivity contribution >= 4 is 29.1 Å². The van der Waals surface area contributed by atoms with E-state index in [-0.39, 0.29) is 11.8 Å². The van der Waals surface area contributed by atoms with Gasteiger partial charge in [0, 0.05) is 37.7 Å². The van der Waals surface area contributed by atoms with Crippen LogP contribution in [-0.4, -0.2) is 61.4 Å². The van der Waals surface area contributed by atoms with Gasteiger partial charge in [-0.05, 0) is 30.8 Å². The van der Waals surface area contributed by atoms with Crippen LogP contribution in [0.2, 0.25) is 5.02 Å². The summed E-state index contributed by atoms with van der Waals surface area (Å²) in [7, 11) is 2.08. The minimum Gasteiger partial charge on any atom is -0.348 e. The number of nitrogens with zero attached hydrogens (tertiary/aromatic N) is 2. The van der Waals surface area contributed by atoms with Gasteiger partial charge in [-0.1, -0.05) is 41.9 Å². The highest BCUT2D eigenvalue weighted by Gasteiger charge is 2.18. The van der Waals surface area contributed by atoms with Crippen molar-refractivity contribution in [2.75, 3.05) is 45.1 Å². The van der Waals surface area contributed by atoms with Crippen LogP contribution < -0.4 is 10.6 Å². The molecule has 0 aromatic heterocycles. The molecule has 28 heavy (non-hydrogen) atoms. The Labute approximate surface area is 170 Å². The maximum Gasteiger partial charge on any atom is 0.253 e. The van der Waals surface area contributed by atoms with E-state index in [4.69, 9.17) is 11.6 Å². The molecule has 0 saturated carbocycles. The molecule has 1 aliphatic heterocycles. The number of hydrogen-bond acceptors (Lipinski definition) is 4. The predicted octanol–water partition coefficient (Wildman–Crippen LogP) is 2.46. The van der Waals surface area contributed by atoms with Crippen LogP contribution in [0.1, 0.15) is 15.9 Å². The number of halogens is 1.